The summed E-state index contributed by atoms with van der Waals surface area (Å²) in [6, 6.07) is 6.48. The number of halogens is 3. The molecule has 0 aliphatic rings. The van der Waals surface area contributed by atoms with Crippen molar-refractivity contribution in [1.82, 2.24) is 9.88 Å². The Bertz CT molecular complexity index is 1160. The van der Waals surface area contributed by atoms with E-state index in [2.05, 4.69) is 5.32 Å². The average molecular weight is 472 g/mol. The van der Waals surface area contributed by atoms with Crippen LogP contribution in [0.5, 0.6) is 5.75 Å². The molecule has 7 nitrogen and oxygen atoms in total. The molecule has 1 heterocycles. The second-order valence-corrected chi connectivity index (χ2v) is 7.64. The summed E-state index contributed by atoms with van der Waals surface area (Å²) in [5.41, 5.74) is 1.30. The maximum absolute atomic E-state index is 12.9. The topological polar surface area (TPSA) is 101 Å². The molecule has 1 unspecified atom stereocenters. The second kappa shape index (κ2) is 8.73. The average Bonchev–Trinajstić information content (AvgIpc) is 3.05. The number of aliphatic hydroxyl groups is 1. The minimum Gasteiger partial charge on any atom is -0.495 e. The molecule has 3 aromatic rings. The number of carboxylic acids is 1. The van der Waals surface area contributed by atoms with E-state index in [1.54, 1.807) is 23.7 Å². The fourth-order valence-corrected chi connectivity index (χ4v) is 3.94. The first-order chi connectivity index (χ1) is 14.2. The van der Waals surface area contributed by atoms with Crippen molar-refractivity contribution in [3.63, 3.8) is 0 Å². The Morgan fingerprint density at radius 2 is 1.87 bits per heavy atom. The van der Waals surface area contributed by atoms with Gasteiger partial charge in [-0.3, -0.25) is 4.79 Å². The highest BCUT2D eigenvalue weighted by Crippen LogP contribution is 2.39. The van der Waals surface area contributed by atoms with Gasteiger partial charge in [0.15, 0.2) is 0 Å². The largest absolute Gasteiger partial charge is 0.495 e. The van der Waals surface area contributed by atoms with Crippen molar-refractivity contribution < 1.29 is 24.5 Å². The van der Waals surface area contributed by atoms with Gasteiger partial charge in [-0.1, -0.05) is 40.9 Å². The molecule has 3 N–H and O–H groups in total. The van der Waals surface area contributed by atoms with E-state index >= 15 is 0 Å². The zero-order valence-electron chi connectivity index (χ0n) is 15.9. The summed E-state index contributed by atoms with van der Waals surface area (Å²) in [6.07, 6.45) is 0. The summed E-state index contributed by atoms with van der Waals surface area (Å²) in [4.78, 5) is 24.0. The van der Waals surface area contributed by atoms with Gasteiger partial charge in [0.05, 0.1) is 35.9 Å². The number of fused-ring (bicyclic) bond motifs is 1. The molecule has 2 aromatic carbocycles. The standard InChI is InChI=1S/C20H17Cl3N2O5/c1-25-14-7-16(30-2)18(23)17(22)11(14)6-15(25)19(27)24-13(8-26)10-4-3-9(20(28)29)5-12(10)21/h3-7,13,26H,8H2,1-2H3,(H,24,27)(H,28,29). The smallest absolute Gasteiger partial charge is 0.335 e. The number of benzene rings is 2. The number of hydrogen-bond donors (Lipinski definition) is 3. The summed E-state index contributed by atoms with van der Waals surface area (Å²) in [6.45, 7) is -0.442. The number of rotatable bonds is 6. The third-order valence-electron chi connectivity index (χ3n) is 4.76. The van der Waals surface area contributed by atoms with Crippen molar-refractivity contribution in [2.75, 3.05) is 13.7 Å². The minimum atomic E-state index is -1.13. The number of carboxylic acid groups (broad SMARTS) is 1. The van der Waals surface area contributed by atoms with Gasteiger partial charge in [0.1, 0.15) is 16.5 Å². The molecule has 158 valence electrons. The van der Waals surface area contributed by atoms with E-state index < -0.39 is 24.5 Å². The van der Waals surface area contributed by atoms with Crippen LogP contribution in [0.3, 0.4) is 0 Å². The predicted molar refractivity (Wildman–Crippen MR) is 115 cm³/mol. The van der Waals surface area contributed by atoms with E-state index in [1.165, 1.54) is 25.3 Å². The van der Waals surface area contributed by atoms with Crippen LogP contribution in [0.25, 0.3) is 10.9 Å². The van der Waals surface area contributed by atoms with Crippen molar-refractivity contribution >= 4 is 57.6 Å². The lowest BCUT2D eigenvalue weighted by Crippen LogP contribution is -2.32. The van der Waals surface area contributed by atoms with Gasteiger partial charge in [-0.25, -0.2) is 4.79 Å². The summed E-state index contributed by atoms with van der Waals surface area (Å²) < 4.78 is 6.84. The molecule has 0 bridgehead atoms. The van der Waals surface area contributed by atoms with Crippen LogP contribution < -0.4 is 10.1 Å². The molecule has 3 rings (SSSR count). The van der Waals surface area contributed by atoms with Crippen molar-refractivity contribution in [2.24, 2.45) is 7.05 Å². The number of amides is 1. The molecular weight excluding hydrogens is 455 g/mol. The highest BCUT2D eigenvalue weighted by molar-refractivity contribution is 6.46. The predicted octanol–water partition coefficient (Wildman–Crippen LogP) is 4.31. The molecule has 0 saturated heterocycles. The minimum absolute atomic E-state index is 0.000850. The van der Waals surface area contributed by atoms with Gasteiger partial charge < -0.3 is 24.8 Å². The third-order valence-corrected chi connectivity index (χ3v) is 5.95. The third kappa shape index (κ3) is 3.94. The van der Waals surface area contributed by atoms with Crippen LogP contribution in [0.2, 0.25) is 15.1 Å². The van der Waals surface area contributed by atoms with Gasteiger partial charge in [-0.05, 0) is 23.8 Å². The van der Waals surface area contributed by atoms with Gasteiger partial charge in [-0.15, -0.1) is 0 Å². The van der Waals surface area contributed by atoms with E-state index in [1.807, 2.05) is 0 Å². The summed E-state index contributed by atoms with van der Waals surface area (Å²) in [7, 11) is 3.15. The number of hydrogen-bond acceptors (Lipinski definition) is 4. The Balaban J connectivity index is 1.96. The molecule has 0 saturated carbocycles. The van der Waals surface area contributed by atoms with E-state index in [4.69, 9.17) is 44.6 Å². The fourth-order valence-electron chi connectivity index (χ4n) is 3.15. The lowest BCUT2D eigenvalue weighted by Gasteiger charge is -2.18. The number of aromatic nitrogens is 1. The fraction of sp³-hybridized carbons (Fsp3) is 0.200. The molecular formula is C20H17Cl3N2O5. The van der Waals surface area contributed by atoms with Crippen LogP contribution in [0.15, 0.2) is 30.3 Å². The van der Waals surface area contributed by atoms with Crippen LogP contribution in [-0.4, -0.2) is 40.4 Å². The molecule has 0 aliphatic carbocycles. The van der Waals surface area contributed by atoms with Gasteiger partial charge >= 0.3 is 5.97 Å². The second-order valence-electron chi connectivity index (χ2n) is 6.48. The molecule has 0 radical (unpaired) electrons. The Morgan fingerprint density at radius 3 is 2.43 bits per heavy atom. The molecule has 10 heteroatoms. The van der Waals surface area contributed by atoms with Crippen molar-refractivity contribution in [3.8, 4) is 5.75 Å². The van der Waals surface area contributed by atoms with Crippen LogP contribution in [0.1, 0.15) is 32.5 Å². The first kappa shape index (κ1) is 22.2. The van der Waals surface area contributed by atoms with Crippen LogP contribution in [-0.2, 0) is 7.05 Å². The van der Waals surface area contributed by atoms with Crippen LogP contribution in [0, 0.1) is 0 Å². The van der Waals surface area contributed by atoms with E-state index in [0.717, 1.165) is 0 Å². The molecule has 0 aliphatic heterocycles. The number of nitrogens with one attached hydrogen (secondary N) is 1. The van der Waals surface area contributed by atoms with Crippen LogP contribution >= 0.6 is 34.8 Å². The zero-order chi connectivity index (χ0) is 22.2. The van der Waals surface area contributed by atoms with E-state index in [-0.39, 0.29) is 26.3 Å². The van der Waals surface area contributed by atoms with Gasteiger partial charge in [0, 0.05) is 23.5 Å². The zero-order valence-corrected chi connectivity index (χ0v) is 18.1. The summed E-state index contributed by atoms with van der Waals surface area (Å²) in [5.74, 6) is -1.24. The van der Waals surface area contributed by atoms with E-state index in [9.17, 15) is 14.7 Å². The molecule has 1 amide bonds. The Morgan fingerprint density at radius 1 is 1.17 bits per heavy atom. The molecule has 1 atom stereocenters. The molecule has 30 heavy (non-hydrogen) atoms. The normalized spacial score (nSPS) is 12.1. The number of carbonyl (C=O) groups is 2. The van der Waals surface area contributed by atoms with Crippen molar-refractivity contribution in [3.05, 3.63) is 62.2 Å². The van der Waals surface area contributed by atoms with Crippen molar-refractivity contribution in [1.29, 1.82) is 0 Å². The Hall–Kier alpha value is -2.45. The van der Waals surface area contributed by atoms with Gasteiger partial charge in [0.25, 0.3) is 5.91 Å². The SMILES string of the molecule is COc1cc2c(cc(C(=O)NC(CO)c3ccc(C(=O)O)cc3Cl)n2C)c(Cl)c1Cl. The van der Waals surface area contributed by atoms with Crippen LogP contribution in [0.4, 0.5) is 0 Å². The number of ether oxygens (including phenoxy) is 1. The summed E-state index contributed by atoms with van der Waals surface area (Å²) in [5, 5.41) is 22.7. The lowest BCUT2D eigenvalue weighted by atomic mass is 10.0. The van der Waals surface area contributed by atoms with Gasteiger partial charge in [0.2, 0.25) is 0 Å². The van der Waals surface area contributed by atoms with Crippen molar-refractivity contribution in [2.45, 2.75) is 6.04 Å². The monoisotopic (exact) mass is 470 g/mol. The number of aliphatic hydroxyl groups excluding tert-OH is 1. The summed E-state index contributed by atoms with van der Waals surface area (Å²) >= 11 is 18.7. The molecule has 1 aromatic heterocycles. The van der Waals surface area contributed by atoms with E-state index in [0.29, 0.717) is 22.2 Å². The first-order valence-corrected chi connectivity index (χ1v) is 9.78. The molecule has 0 fully saturated rings. The number of aromatic carboxylic acids is 1. The quantitative estimate of drug-likeness (QED) is 0.497. The molecule has 0 spiro atoms. The maximum Gasteiger partial charge on any atom is 0.335 e. The Labute approximate surface area is 186 Å². The number of nitrogens with zero attached hydrogens (tertiary/aromatic N) is 1. The Kier molecular flexibility index (Phi) is 6.47. The number of methoxy groups -OCH3 is 1. The first-order valence-electron chi connectivity index (χ1n) is 8.65. The number of carbonyl (C=O) groups excluding carboxylic acids is 1. The highest BCUT2D eigenvalue weighted by Gasteiger charge is 2.23. The maximum atomic E-state index is 12.9. The number of aryl methyl sites for hydroxylation is 1. The highest BCUT2D eigenvalue weighted by atomic mass is 35.5. The lowest BCUT2D eigenvalue weighted by molar-refractivity contribution is 0.0696. The van der Waals surface area contributed by atoms with Gasteiger partial charge in [-0.2, -0.15) is 0 Å².